The summed E-state index contributed by atoms with van der Waals surface area (Å²) in [5.41, 5.74) is 2.07. The first-order valence-electron chi connectivity index (χ1n) is 5.51. The summed E-state index contributed by atoms with van der Waals surface area (Å²) in [6.45, 7) is 1.57. The van der Waals surface area contributed by atoms with E-state index in [9.17, 15) is 4.79 Å². The highest BCUT2D eigenvalue weighted by Crippen LogP contribution is 2.22. The number of benzene rings is 1. The lowest BCUT2D eigenvalue weighted by Gasteiger charge is -2.28. The molecule has 0 radical (unpaired) electrons. The molecule has 1 saturated heterocycles. The molecular formula is C12H17N3O. The molecule has 1 N–H and O–H groups in total. The average molecular weight is 219 g/mol. The number of hydrogen-bond acceptors (Lipinski definition) is 2. The third-order valence-corrected chi connectivity index (χ3v) is 2.74. The fourth-order valence-electron chi connectivity index (χ4n) is 1.81. The zero-order chi connectivity index (χ0) is 11.5. The van der Waals surface area contributed by atoms with Gasteiger partial charge < -0.3 is 10.2 Å². The van der Waals surface area contributed by atoms with Crippen molar-refractivity contribution >= 4 is 17.4 Å². The van der Waals surface area contributed by atoms with Crippen LogP contribution in [0.25, 0.3) is 0 Å². The van der Waals surface area contributed by atoms with Crippen molar-refractivity contribution in [1.82, 2.24) is 5.32 Å². The summed E-state index contributed by atoms with van der Waals surface area (Å²) >= 11 is 0. The molecule has 1 fully saturated rings. The second-order valence-electron chi connectivity index (χ2n) is 4.15. The Kier molecular flexibility index (Phi) is 2.99. The maximum Gasteiger partial charge on any atom is 0.321 e. The van der Waals surface area contributed by atoms with Crippen molar-refractivity contribution in [2.24, 2.45) is 0 Å². The number of urea groups is 1. The van der Waals surface area contributed by atoms with E-state index >= 15 is 0 Å². The first kappa shape index (κ1) is 10.8. The number of nitrogens with zero attached hydrogens (tertiary/aromatic N) is 2. The SMILES string of the molecule is CN(C)c1cccc(N2CCCNC2=O)c1. The molecule has 0 bridgehead atoms. The van der Waals surface area contributed by atoms with Gasteiger partial charge in [0.2, 0.25) is 0 Å². The van der Waals surface area contributed by atoms with E-state index in [0.29, 0.717) is 0 Å². The summed E-state index contributed by atoms with van der Waals surface area (Å²) in [6, 6.07) is 8.02. The maximum atomic E-state index is 11.7. The third-order valence-electron chi connectivity index (χ3n) is 2.74. The lowest BCUT2D eigenvalue weighted by atomic mass is 10.2. The quantitative estimate of drug-likeness (QED) is 0.821. The molecule has 0 unspecified atom stereocenters. The molecule has 2 rings (SSSR count). The summed E-state index contributed by atoms with van der Waals surface area (Å²) in [7, 11) is 3.99. The van der Waals surface area contributed by atoms with Crippen molar-refractivity contribution in [1.29, 1.82) is 0 Å². The molecule has 4 heteroatoms. The predicted molar refractivity (Wildman–Crippen MR) is 66.1 cm³/mol. The molecule has 86 valence electrons. The van der Waals surface area contributed by atoms with Gasteiger partial charge in [0.05, 0.1) is 0 Å². The Labute approximate surface area is 95.8 Å². The topological polar surface area (TPSA) is 35.6 Å². The van der Waals surface area contributed by atoms with Crippen molar-refractivity contribution in [3.05, 3.63) is 24.3 Å². The molecule has 1 aliphatic heterocycles. The van der Waals surface area contributed by atoms with Crippen LogP contribution < -0.4 is 15.1 Å². The molecule has 1 aromatic carbocycles. The number of amides is 2. The standard InChI is InChI=1S/C12H17N3O/c1-14(2)10-5-3-6-11(9-10)15-8-4-7-13-12(15)16/h3,5-6,9H,4,7-8H2,1-2H3,(H,13,16). The van der Waals surface area contributed by atoms with Gasteiger partial charge in [-0.15, -0.1) is 0 Å². The van der Waals surface area contributed by atoms with Crippen LogP contribution in [-0.4, -0.2) is 33.2 Å². The second kappa shape index (κ2) is 4.43. The number of rotatable bonds is 2. The molecule has 0 spiro atoms. The minimum absolute atomic E-state index is 0.00200. The van der Waals surface area contributed by atoms with Gasteiger partial charge in [-0.1, -0.05) is 6.07 Å². The first-order chi connectivity index (χ1) is 7.68. The first-order valence-corrected chi connectivity index (χ1v) is 5.51. The van der Waals surface area contributed by atoms with Crippen molar-refractivity contribution in [2.45, 2.75) is 6.42 Å². The zero-order valence-corrected chi connectivity index (χ0v) is 9.73. The molecule has 0 aromatic heterocycles. The van der Waals surface area contributed by atoms with Gasteiger partial charge in [0.25, 0.3) is 0 Å². The Morgan fingerprint density at radius 2 is 2.19 bits per heavy atom. The highest BCUT2D eigenvalue weighted by molar-refractivity contribution is 5.93. The lowest BCUT2D eigenvalue weighted by molar-refractivity contribution is 0.243. The van der Waals surface area contributed by atoms with Crippen LogP contribution in [0.4, 0.5) is 16.2 Å². The van der Waals surface area contributed by atoms with Crippen LogP contribution in [-0.2, 0) is 0 Å². The smallest absolute Gasteiger partial charge is 0.321 e. The normalized spacial score (nSPS) is 15.9. The molecule has 4 nitrogen and oxygen atoms in total. The van der Waals surface area contributed by atoms with Crippen LogP contribution in [0.1, 0.15) is 6.42 Å². The van der Waals surface area contributed by atoms with Crippen LogP contribution in [0.5, 0.6) is 0 Å². The van der Waals surface area contributed by atoms with Gasteiger partial charge in [-0.3, -0.25) is 4.90 Å². The van der Waals surface area contributed by atoms with E-state index in [1.165, 1.54) is 0 Å². The Bertz CT molecular complexity index is 390. The maximum absolute atomic E-state index is 11.7. The minimum atomic E-state index is 0.00200. The number of hydrogen-bond donors (Lipinski definition) is 1. The lowest BCUT2D eigenvalue weighted by Crippen LogP contribution is -2.46. The Morgan fingerprint density at radius 3 is 2.88 bits per heavy atom. The van der Waals surface area contributed by atoms with E-state index in [-0.39, 0.29) is 6.03 Å². The molecule has 1 aromatic rings. The number of anilines is 2. The number of nitrogens with one attached hydrogen (secondary N) is 1. The fraction of sp³-hybridized carbons (Fsp3) is 0.417. The zero-order valence-electron chi connectivity index (χ0n) is 9.73. The van der Waals surface area contributed by atoms with E-state index in [4.69, 9.17) is 0 Å². The van der Waals surface area contributed by atoms with Gasteiger partial charge in [0.15, 0.2) is 0 Å². The van der Waals surface area contributed by atoms with Crippen LogP contribution in [0.3, 0.4) is 0 Å². The van der Waals surface area contributed by atoms with E-state index in [2.05, 4.69) is 5.32 Å². The van der Waals surface area contributed by atoms with Crippen molar-refractivity contribution in [2.75, 3.05) is 37.0 Å². The fourth-order valence-corrected chi connectivity index (χ4v) is 1.81. The Morgan fingerprint density at radius 1 is 1.38 bits per heavy atom. The summed E-state index contributed by atoms with van der Waals surface area (Å²) < 4.78 is 0. The third kappa shape index (κ3) is 2.10. The molecule has 1 heterocycles. The Balaban J connectivity index is 2.25. The van der Waals surface area contributed by atoms with Crippen LogP contribution >= 0.6 is 0 Å². The number of carbonyl (C=O) groups excluding carboxylic acids is 1. The van der Waals surface area contributed by atoms with E-state index in [1.807, 2.05) is 43.3 Å². The summed E-state index contributed by atoms with van der Waals surface area (Å²) in [5.74, 6) is 0. The monoisotopic (exact) mass is 219 g/mol. The van der Waals surface area contributed by atoms with Gasteiger partial charge in [-0.25, -0.2) is 4.79 Å². The van der Waals surface area contributed by atoms with E-state index in [0.717, 1.165) is 30.9 Å². The Hall–Kier alpha value is -1.71. The summed E-state index contributed by atoms with van der Waals surface area (Å²) in [5, 5.41) is 2.85. The molecule has 0 atom stereocenters. The highest BCUT2D eigenvalue weighted by Gasteiger charge is 2.19. The van der Waals surface area contributed by atoms with Gasteiger partial charge in [0, 0.05) is 38.6 Å². The van der Waals surface area contributed by atoms with Gasteiger partial charge in [0.1, 0.15) is 0 Å². The van der Waals surface area contributed by atoms with Crippen LogP contribution in [0.2, 0.25) is 0 Å². The molecule has 16 heavy (non-hydrogen) atoms. The minimum Gasteiger partial charge on any atom is -0.378 e. The van der Waals surface area contributed by atoms with Crippen molar-refractivity contribution in [3.63, 3.8) is 0 Å². The average Bonchev–Trinajstić information content (AvgIpc) is 2.30. The van der Waals surface area contributed by atoms with E-state index in [1.54, 1.807) is 4.90 Å². The molecular weight excluding hydrogens is 202 g/mol. The van der Waals surface area contributed by atoms with Gasteiger partial charge in [-0.2, -0.15) is 0 Å². The van der Waals surface area contributed by atoms with Crippen molar-refractivity contribution in [3.8, 4) is 0 Å². The highest BCUT2D eigenvalue weighted by atomic mass is 16.2. The molecule has 0 saturated carbocycles. The summed E-state index contributed by atoms with van der Waals surface area (Å²) in [4.78, 5) is 15.5. The predicted octanol–water partition coefficient (Wildman–Crippen LogP) is 1.67. The van der Waals surface area contributed by atoms with Crippen LogP contribution in [0, 0.1) is 0 Å². The van der Waals surface area contributed by atoms with Gasteiger partial charge >= 0.3 is 6.03 Å². The van der Waals surface area contributed by atoms with E-state index < -0.39 is 0 Å². The van der Waals surface area contributed by atoms with Crippen LogP contribution in [0.15, 0.2) is 24.3 Å². The largest absolute Gasteiger partial charge is 0.378 e. The van der Waals surface area contributed by atoms with Gasteiger partial charge in [-0.05, 0) is 24.6 Å². The molecule has 0 aliphatic carbocycles. The molecule has 2 amide bonds. The number of carbonyl (C=O) groups is 1. The summed E-state index contributed by atoms with van der Waals surface area (Å²) in [6.07, 6.45) is 0.998. The van der Waals surface area contributed by atoms with Crippen molar-refractivity contribution < 1.29 is 4.79 Å². The molecule has 1 aliphatic rings. The second-order valence-corrected chi connectivity index (χ2v) is 4.15.